The quantitative estimate of drug-likeness (QED) is 0.565. The second kappa shape index (κ2) is 9.75. The Balaban J connectivity index is 1.94. The summed E-state index contributed by atoms with van der Waals surface area (Å²) < 4.78 is 33.3. The van der Waals surface area contributed by atoms with Crippen LogP contribution in [0.5, 0.6) is 5.75 Å². The standard InChI is InChI=1S/C22H21ClN2O4S/c1-29-20-13-12-18(23)14-21(20)30(27,28)25(15-17-8-4-2-5-9-17)16-22(26)24-19-10-6-3-7-11-19/h2-14H,15-16H2,1H3,(H,24,26). The molecule has 0 aliphatic carbocycles. The number of rotatable bonds is 8. The summed E-state index contributed by atoms with van der Waals surface area (Å²) >= 11 is 6.04. The van der Waals surface area contributed by atoms with Gasteiger partial charge in [-0.1, -0.05) is 60.1 Å². The van der Waals surface area contributed by atoms with Gasteiger partial charge in [0.15, 0.2) is 0 Å². The van der Waals surface area contributed by atoms with Gasteiger partial charge in [0, 0.05) is 17.3 Å². The van der Waals surface area contributed by atoms with Crippen LogP contribution in [0.3, 0.4) is 0 Å². The van der Waals surface area contributed by atoms with Crippen LogP contribution in [0.2, 0.25) is 5.02 Å². The van der Waals surface area contributed by atoms with Crippen LogP contribution in [0.15, 0.2) is 83.8 Å². The number of hydrogen-bond donors (Lipinski definition) is 1. The smallest absolute Gasteiger partial charge is 0.247 e. The monoisotopic (exact) mass is 444 g/mol. The van der Waals surface area contributed by atoms with Crippen molar-refractivity contribution in [3.05, 3.63) is 89.4 Å². The average molecular weight is 445 g/mol. The van der Waals surface area contributed by atoms with Crippen LogP contribution in [0.1, 0.15) is 5.56 Å². The Labute approximate surface area is 181 Å². The number of sulfonamides is 1. The number of carbonyl (C=O) groups excluding carboxylic acids is 1. The lowest BCUT2D eigenvalue weighted by atomic mass is 10.2. The average Bonchev–Trinajstić information content (AvgIpc) is 2.74. The van der Waals surface area contributed by atoms with Gasteiger partial charge in [-0.3, -0.25) is 4.79 Å². The van der Waals surface area contributed by atoms with E-state index < -0.39 is 15.9 Å². The number of amides is 1. The number of ether oxygens (including phenoxy) is 1. The van der Waals surface area contributed by atoms with E-state index in [-0.39, 0.29) is 28.8 Å². The summed E-state index contributed by atoms with van der Waals surface area (Å²) in [5, 5.41) is 2.97. The highest BCUT2D eigenvalue weighted by molar-refractivity contribution is 7.89. The fourth-order valence-corrected chi connectivity index (χ4v) is 4.69. The van der Waals surface area contributed by atoms with Crippen molar-refractivity contribution in [1.29, 1.82) is 0 Å². The predicted molar refractivity (Wildman–Crippen MR) is 117 cm³/mol. The van der Waals surface area contributed by atoms with Gasteiger partial charge in [-0.15, -0.1) is 0 Å². The van der Waals surface area contributed by atoms with Gasteiger partial charge in [0.05, 0.1) is 13.7 Å². The van der Waals surface area contributed by atoms with Crippen molar-refractivity contribution in [2.24, 2.45) is 0 Å². The first-order valence-electron chi connectivity index (χ1n) is 9.12. The molecule has 1 amide bonds. The van der Waals surface area contributed by atoms with E-state index in [1.54, 1.807) is 42.5 Å². The summed E-state index contributed by atoms with van der Waals surface area (Å²) in [7, 11) is -2.71. The van der Waals surface area contributed by atoms with Gasteiger partial charge in [0.1, 0.15) is 10.6 Å². The molecule has 0 aliphatic heterocycles. The minimum absolute atomic E-state index is 0.0149. The van der Waals surface area contributed by atoms with Crippen LogP contribution in [0.25, 0.3) is 0 Å². The van der Waals surface area contributed by atoms with Crippen molar-refractivity contribution < 1.29 is 17.9 Å². The molecule has 3 rings (SSSR count). The lowest BCUT2D eigenvalue weighted by Gasteiger charge is -2.23. The van der Waals surface area contributed by atoms with Gasteiger partial charge in [0.2, 0.25) is 15.9 Å². The predicted octanol–water partition coefficient (Wildman–Crippen LogP) is 4.18. The van der Waals surface area contributed by atoms with Crippen LogP contribution < -0.4 is 10.1 Å². The van der Waals surface area contributed by atoms with Crippen LogP contribution in [0, 0.1) is 0 Å². The summed E-state index contributed by atoms with van der Waals surface area (Å²) in [6.45, 7) is -0.358. The number of halogens is 1. The van der Waals surface area contributed by atoms with Gasteiger partial charge in [-0.05, 0) is 35.9 Å². The number of para-hydroxylation sites is 1. The van der Waals surface area contributed by atoms with Crippen LogP contribution in [0.4, 0.5) is 5.69 Å². The molecule has 0 spiro atoms. The van der Waals surface area contributed by atoms with Crippen molar-refractivity contribution in [2.45, 2.75) is 11.4 Å². The summed E-state index contributed by atoms with van der Waals surface area (Å²) in [6.07, 6.45) is 0. The van der Waals surface area contributed by atoms with Gasteiger partial charge >= 0.3 is 0 Å². The van der Waals surface area contributed by atoms with E-state index in [0.717, 1.165) is 9.87 Å². The number of nitrogens with zero attached hydrogens (tertiary/aromatic N) is 1. The molecular formula is C22H21ClN2O4S. The molecule has 3 aromatic carbocycles. The second-order valence-corrected chi connectivity index (χ2v) is 8.81. The van der Waals surface area contributed by atoms with E-state index in [0.29, 0.717) is 5.69 Å². The first-order valence-corrected chi connectivity index (χ1v) is 10.9. The Morgan fingerprint density at radius 1 is 1.00 bits per heavy atom. The zero-order valence-electron chi connectivity index (χ0n) is 16.3. The molecule has 0 saturated heterocycles. The molecular weight excluding hydrogens is 424 g/mol. The lowest BCUT2D eigenvalue weighted by molar-refractivity contribution is -0.116. The zero-order chi connectivity index (χ0) is 21.6. The molecule has 156 valence electrons. The highest BCUT2D eigenvalue weighted by atomic mass is 35.5. The van der Waals surface area contributed by atoms with Crippen LogP contribution in [-0.4, -0.2) is 32.3 Å². The Morgan fingerprint density at radius 3 is 2.27 bits per heavy atom. The molecule has 0 radical (unpaired) electrons. The van der Waals surface area contributed by atoms with E-state index >= 15 is 0 Å². The SMILES string of the molecule is COc1ccc(Cl)cc1S(=O)(=O)N(CC(=O)Nc1ccccc1)Cc1ccccc1. The molecule has 0 unspecified atom stereocenters. The molecule has 0 atom stereocenters. The molecule has 30 heavy (non-hydrogen) atoms. The van der Waals surface area contributed by atoms with Crippen molar-refractivity contribution in [1.82, 2.24) is 4.31 Å². The molecule has 0 heterocycles. The molecule has 0 fully saturated rings. The normalized spacial score (nSPS) is 11.3. The number of nitrogens with one attached hydrogen (secondary N) is 1. The minimum atomic E-state index is -4.09. The maximum absolute atomic E-state index is 13.5. The molecule has 1 N–H and O–H groups in total. The number of anilines is 1. The van der Waals surface area contributed by atoms with Crippen molar-refractivity contribution in [3.8, 4) is 5.75 Å². The minimum Gasteiger partial charge on any atom is -0.495 e. The van der Waals surface area contributed by atoms with Crippen molar-refractivity contribution in [3.63, 3.8) is 0 Å². The third-order valence-corrected chi connectivity index (χ3v) is 6.37. The Bertz CT molecular complexity index is 1110. The van der Waals surface area contributed by atoms with Gasteiger partial charge in [-0.25, -0.2) is 8.42 Å². The summed E-state index contributed by atoms with van der Waals surface area (Å²) in [6, 6.07) is 22.3. The Hall–Kier alpha value is -2.87. The van der Waals surface area contributed by atoms with Gasteiger partial charge in [-0.2, -0.15) is 4.31 Å². The first-order chi connectivity index (χ1) is 14.4. The first kappa shape index (κ1) is 21.8. The largest absolute Gasteiger partial charge is 0.495 e. The number of benzene rings is 3. The summed E-state index contributed by atoms with van der Waals surface area (Å²) in [4.78, 5) is 12.5. The lowest BCUT2D eigenvalue weighted by Crippen LogP contribution is -2.37. The molecule has 0 bridgehead atoms. The molecule has 0 aliphatic rings. The van der Waals surface area contributed by atoms with Gasteiger partial charge in [0.25, 0.3) is 0 Å². The number of methoxy groups -OCH3 is 1. The van der Waals surface area contributed by atoms with E-state index in [1.165, 1.54) is 19.2 Å². The molecule has 6 nitrogen and oxygen atoms in total. The highest BCUT2D eigenvalue weighted by Crippen LogP contribution is 2.30. The maximum Gasteiger partial charge on any atom is 0.247 e. The molecule has 0 saturated carbocycles. The van der Waals surface area contributed by atoms with E-state index in [4.69, 9.17) is 16.3 Å². The molecule has 0 aromatic heterocycles. The summed E-state index contributed by atoms with van der Waals surface area (Å²) in [5.41, 5.74) is 1.33. The maximum atomic E-state index is 13.5. The number of carbonyl (C=O) groups is 1. The third kappa shape index (κ3) is 5.38. The Morgan fingerprint density at radius 2 is 1.63 bits per heavy atom. The topological polar surface area (TPSA) is 75.7 Å². The fraction of sp³-hybridized carbons (Fsp3) is 0.136. The van der Waals surface area contributed by atoms with E-state index in [1.807, 2.05) is 24.3 Å². The zero-order valence-corrected chi connectivity index (χ0v) is 17.9. The van der Waals surface area contributed by atoms with Crippen molar-refractivity contribution >= 4 is 33.2 Å². The molecule has 3 aromatic rings. The van der Waals surface area contributed by atoms with E-state index in [2.05, 4.69) is 5.32 Å². The van der Waals surface area contributed by atoms with Gasteiger partial charge < -0.3 is 10.1 Å². The third-order valence-electron chi connectivity index (χ3n) is 4.32. The van der Waals surface area contributed by atoms with Crippen LogP contribution in [-0.2, 0) is 21.4 Å². The van der Waals surface area contributed by atoms with Crippen LogP contribution >= 0.6 is 11.6 Å². The fourth-order valence-electron chi connectivity index (χ4n) is 2.89. The Kier molecular flexibility index (Phi) is 7.10. The van der Waals surface area contributed by atoms with Crippen molar-refractivity contribution in [2.75, 3.05) is 19.0 Å². The molecule has 8 heteroatoms. The number of hydrogen-bond acceptors (Lipinski definition) is 4. The van der Waals surface area contributed by atoms with E-state index in [9.17, 15) is 13.2 Å². The highest BCUT2D eigenvalue weighted by Gasteiger charge is 2.30. The summed E-state index contributed by atoms with van der Waals surface area (Å²) in [5.74, 6) is -0.303. The second-order valence-electron chi connectivity index (χ2n) is 6.47.